The van der Waals surface area contributed by atoms with Gasteiger partial charge < -0.3 is 14.3 Å². The van der Waals surface area contributed by atoms with Crippen LogP contribution in [0, 0.1) is 0 Å². The molecule has 0 aromatic carbocycles. The Bertz CT molecular complexity index is 867. The fourth-order valence-corrected chi connectivity index (χ4v) is 5.82. The Morgan fingerprint density at radius 2 is 1.58 bits per heavy atom. The van der Waals surface area contributed by atoms with Gasteiger partial charge in [-0.05, 0) is 34.6 Å². The van der Waals surface area contributed by atoms with Crippen molar-refractivity contribution >= 4 is 45.4 Å². The molecular weight excluding hydrogens is 512 g/mol. The number of hydrogen-bond donors (Lipinski definition) is 0. The van der Waals surface area contributed by atoms with Gasteiger partial charge >= 0.3 is 11.9 Å². The SMILES string of the molecule is COC(=O)CCN(CC(C)(C)OCCS(=O)(=O)CCSCCC(=O)ON1C(=O)CCC1=O)C(C)(C)C. The van der Waals surface area contributed by atoms with Crippen LogP contribution in [0.2, 0.25) is 0 Å². The summed E-state index contributed by atoms with van der Waals surface area (Å²) in [5.41, 5.74) is -0.851. The molecule has 0 aromatic rings. The van der Waals surface area contributed by atoms with Gasteiger partial charge in [-0.1, -0.05) is 0 Å². The molecular formula is C23H40N2O9S2. The molecule has 2 amide bonds. The molecule has 36 heavy (non-hydrogen) atoms. The molecule has 0 N–H and O–H groups in total. The Kier molecular flexibility index (Phi) is 12.8. The first-order valence-electron chi connectivity index (χ1n) is 11.9. The minimum absolute atomic E-state index is 0.0316. The molecule has 1 fully saturated rings. The molecule has 0 aliphatic carbocycles. The number of nitrogens with zero attached hydrogens (tertiary/aromatic N) is 2. The highest BCUT2D eigenvalue weighted by molar-refractivity contribution is 8.00. The molecule has 1 saturated heterocycles. The van der Waals surface area contributed by atoms with Crippen LogP contribution in [-0.2, 0) is 43.3 Å². The molecule has 1 aliphatic rings. The number of esters is 1. The van der Waals surface area contributed by atoms with E-state index in [1.807, 2.05) is 34.6 Å². The number of carbonyl (C=O) groups excluding carboxylic acids is 4. The summed E-state index contributed by atoms with van der Waals surface area (Å²) in [7, 11) is -2.00. The molecule has 0 aromatic heterocycles. The molecule has 0 bridgehead atoms. The lowest BCUT2D eigenvalue weighted by Crippen LogP contribution is -2.50. The maximum absolute atomic E-state index is 12.4. The van der Waals surface area contributed by atoms with Crippen LogP contribution in [-0.4, -0.2) is 103 Å². The highest BCUT2D eigenvalue weighted by Crippen LogP contribution is 2.20. The predicted molar refractivity (Wildman–Crippen MR) is 136 cm³/mol. The number of hydrogen-bond acceptors (Lipinski definition) is 11. The van der Waals surface area contributed by atoms with Crippen molar-refractivity contribution in [2.45, 2.75) is 71.4 Å². The van der Waals surface area contributed by atoms with E-state index in [0.29, 0.717) is 29.7 Å². The van der Waals surface area contributed by atoms with E-state index in [1.165, 1.54) is 18.9 Å². The minimum atomic E-state index is -3.35. The van der Waals surface area contributed by atoms with Crippen LogP contribution in [0.1, 0.15) is 60.3 Å². The molecule has 1 rings (SSSR count). The van der Waals surface area contributed by atoms with Crippen molar-refractivity contribution < 1.29 is 41.9 Å². The van der Waals surface area contributed by atoms with E-state index in [9.17, 15) is 27.6 Å². The molecule has 1 heterocycles. The Hall–Kier alpha value is -1.70. The van der Waals surface area contributed by atoms with Gasteiger partial charge in [0.25, 0.3) is 11.8 Å². The number of thioether (sulfide) groups is 1. The van der Waals surface area contributed by atoms with Gasteiger partial charge in [0, 0.05) is 43.0 Å². The van der Waals surface area contributed by atoms with Crippen molar-refractivity contribution in [3.05, 3.63) is 0 Å². The highest BCUT2D eigenvalue weighted by atomic mass is 32.2. The van der Waals surface area contributed by atoms with Crippen LogP contribution in [0.5, 0.6) is 0 Å². The van der Waals surface area contributed by atoms with E-state index in [4.69, 9.17) is 14.3 Å². The van der Waals surface area contributed by atoms with Gasteiger partial charge in [-0.3, -0.25) is 19.3 Å². The molecule has 208 valence electrons. The van der Waals surface area contributed by atoms with Gasteiger partial charge in [-0.25, -0.2) is 13.2 Å². The van der Waals surface area contributed by atoms with Crippen molar-refractivity contribution in [2.24, 2.45) is 0 Å². The standard InChI is InChI=1S/C23H40N2O9S2/c1-22(2,3)24(11-9-20(28)32-6)17-23(4,5)33-12-15-36(30,31)16-14-35-13-10-21(29)34-25-18(26)7-8-19(25)27/h7-17H2,1-6H3. The van der Waals surface area contributed by atoms with Gasteiger partial charge in [0.1, 0.15) is 0 Å². The first kappa shape index (κ1) is 32.3. The second-order valence-electron chi connectivity index (χ2n) is 10.1. The smallest absolute Gasteiger partial charge is 0.334 e. The lowest BCUT2D eigenvalue weighted by molar-refractivity contribution is -0.197. The fourth-order valence-electron chi connectivity index (χ4n) is 3.28. The van der Waals surface area contributed by atoms with Gasteiger partial charge in [0.2, 0.25) is 0 Å². The third-order valence-electron chi connectivity index (χ3n) is 5.41. The summed E-state index contributed by atoms with van der Waals surface area (Å²) in [6.45, 7) is 10.9. The van der Waals surface area contributed by atoms with E-state index in [-0.39, 0.29) is 55.3 Å². The summed E-state index contributed by atoms with van der Waals surface area (Å²) in [5, 5.41) is 0.499. The van der Waals surface area contributed by atoms with Crippen LogP contribution in [0.4, 0.5) is 0 Å². The average Bonchev–Trinajstić information content (AvgIpc) is 3.06. The Labute approximate surface area is 218 Å². The molecule has 0 spiro atoms. The van der Waals surface area contributed by atoms with Gasteiger partial charge in [-0.2, -0.15) is 11.8 Å². The number of methoxy groups -OCH3 is 1. The quantitative estimate of drug-likeness (QED) is 0.157. The van der Waals surface area contributed by atoms with Crippen LogP contribution in [0.3, 0.4) is 0 Å². The average molecular weight is 553 g/mol. The number of amides is 2. The maximum atomic E-state index is 12.4. The Balaban J connectivity index is 2.34. The van der Waals surface area contributed by atoms with Crippen molar-refractivity contribution in [1.29, 1.82) is 0 Å². The Morgan fingerprint density at radius 1 is 0.972 bits per heavy atom. The van der Waals surface area contributed by atoms with Crippen molar-refractivity contribution in [2.75, 3.05) is 49.8 Å². The number of imide groups is 1. The van der Waals surface area contributed by atoms with E-state index in [2.05, 4.69) is 4.90 Å². The first-order valence-corrected chi connectivity index (χ1v) is 14.8. The number of hydroxylamine groups is 2. The third-order valence-corrected chi connectivity index (χ3v) is 8.27. The zero-order valence-electron chi connectivity index (χ0n) is 22.2. The van der Waals surface area contributed by atoms with Crippen molar-refractivity contribution in [1.82, 2.24) is 9.96 Å². The monoisotopic (exact) mass is 552 g/mol. The maximum Gasteiger partial charge on any atom is 0.334 e. The second kappa shape index (κ2) is 14.3. The molecule has 0 atom stereocenters. The Morgan fingerprint density at radius 3 is 2.14 bits per heavy atom. The summed E-state index contributed by atoms with van der Waals surface area (Å²) in [6.07, 6.45) is 0.273. The summed E-state index contributed by atoms with van der Waals surface area (Å²) in [4.78, 5) is 53.1. The van der Waals surface area contributed by atoms with Gasteiger partial charge in [-0.15, -0.1) is 5.06 Å². The van der Waals surface area contributed by atoms with E-state index >= 15 is 0 Å². The molecule has 1 aliphatic heterocycles. The fraction of sp³-hybridized carbons (Fsp3) is 0.826. The van der Waals surface area contributed by atoms with Crippen LogP contribution in [0.15, 0.2) is 0 Å². The number of rotatable bonds is 16. The summed E-state index contributed by atoms with van der Waals surface area (Å²) in [5.74, 6) is -1.66. The number of carbonyl (C=O) groups is 4. The molecule has 13 heteroatoms. The summed E-state index contributed by atoms with van der Waals surface area (Å²) < 4.78 is 35.4. The molecule has 0 unspecified atom stereocenters. The normalized spacial score (nSPS) is 15.0. The molecule has 0 radical (unpaired) electrons. The van der Waals surface area contributed by atoms with Crippen LogP contribution in [0.25, 0.3) is 0 Å². The summed E-state index contributed by atoms with van der Waals surface area (Å²) in [6, 6.07) is 0. The molecule has 11 nitrogen and oxygen atoms in total. The molecule has 0 saturated carbocycles. The van der Waals surface area contributed by atoms with Gasteiger partial charge in [0.05, 0.1) is 43.7 Å². The number of sulfone groups is 1. The van der Waals surface area contributed by atoms with E-state index < -0.39 is 33.2 Å². The van der Waals surface area contributed by atoms with E-state index in [1.54, 1.807) is 0 Å². The summed E-state index contributed by atoms with van der Waals surface area (Å²) >= 11 is 1.27. The van der Waals surface area contributed by atoms with Crippen LogP contribution < -0.4 is 0 Å². The van der Waals surface area contributed by atoms with Gasteiger partial charge in [0.15, 0.2) is 9.84 Å². The predicted octanol–water partition coefficient (Wildman–Crippen LogP) is 1.59. The topological polar surface area (TPSA) is 137 Å². The zero-order valence-corrected chi connectivity index (χ0v) is 23.8. The zero-order chi connectivity index (χ0) is 27.6. The highest BCUT2D eigenvalue weighted by Gasteiger charge is 2.33. The van der Waals surface area contributed by atoms with Crippen LogP contribution >= 0.6 is 11.8 Å². The minimum Gasteiger partial charge on any atom is -0.469 e. The van der Waals surface area contributed by atoms with Crippen molar-refractivity contribution in [3.8, 4) is 0 Å². The number of ether oxygens (including phenoxy) is 2. The van der Waals surface area contributed by atoms with E-state index in [0.717, 1.165) is 0 Å². The first-order chi connectivity index (χ1) is 16.6. The lowest BCUT2D eigenvalue weighted by Gasteiger charge is -2.40. The lowest BCUT2D eigenvalue weighted by atomic mass is 10.0. The second-order valence-corrected chi connectivity index (χ2v) is 13.6. The van der Waals surface area contributed by atoms with Crippen molar-refractivity contribution in [3.63, 3.8) is 0 Å². The largest absolute Gasteiger partial charge is 0.469 e. The third kappa shape index (κ3) is 12.5.